The molecule has 6 rings (SSSR count). The fourth-order valence-corrected chi connectivity index (χ4v) is 6.45. The van der Waals surface area contributed by atoms with Crippen molar-refractivity contribution in [1.29, 1.82) is 0 Å². The van der Waals surface area contributed by atoms with Gasteiger partial charge in [-0.15, -0.1) is 0 Å². The van der Waals surface area contributed by atoms with Crippen molar-refractivity contribution in [3.05, 3.63) is 136 Å². The van der Waals surface area contributed by atoms with E-state index in [0.29, 0.717) is 24.9 Å². The number of ether oxygens (including phenoxy) is 1. The van der Waals surface area contributed by atoms with E-state index in [-0.39, 0.29) is 17.4 Å². The van der Waals surface area contributed by atoms with Crippen molar-refractivity contribution < 1.29 is 13.5 Å². The molecule has 9 heteroatoms. The molecule has 0 bridgehead atoms. The van der Waals surface area contributed by atoms with Gasteiger partial charge in [-0.25, -0.2) is 4.99 Å². The predicted octanol–water partition coefficient (Wildman–Crippen LogP) is 7.39. The van der Waals surface area contributed by atoms with Gasteiger partial charge in [0.1, 0.15) is 5.75 Å². The highest BCUT2D eigenvalue weighted by molar-refractivity contribution is 7.07. The van der Waals surface area contributed by atoms with Gasteiger partial charge in [0.05, 0.1) is 16.3 Å². The summed E-state index contributed by atoms with van der Waals surface area (Å²) in [5.74, 6) is 0.00469. The summed E-state index contributed by atoms with van der Waals surface area (Å²) in [6, 6.07) is 21.2. The smallest absolute Gasteiger partial charge is 0.387 e. The van der Waals surface area contributed by atoms with Gasteiger partial charge in [0.15, 0.2) is 4.80 Å². The summed E-state index contributed by atoms with van der Waals surface area (Å²) in [5.41, 5.74) is 5.14. The first-order valence-electron chi connectivity index (χ1n) is 12.7. The number of hydrogen-bond donors (Lipinski definition) is 0. The molecule has 40 heavy (non-hydrogen) atoms. The molecule has 1 aliphatic heterocycles. The largest absolute Gasteiger partial charge is 0.434 e. The van der Waals surface area contributed by atoms with E-state index in [1.165, 1.54) is 17.4 Å². The second-order valence-electron chi connectivity index (χ2n) is 9.50. The molecule has 0 unspecified atom stereocenters. The van der Waals surface area contributed by atoms with Crippen LogP contribution in [0.25, 0.3) is 12.2 Å². The number of aromatic nitrogens is 1. The SMILES string of the molecule is O=c1/c(=C\c2ccccc2OC(F)F)sc2n1[C@H](c1ccc(Cl)cc1)C1=C(N=2)/C(=C\c2ccc(Cl)cc2)CCC1. The Morgan fingerprint density at radius 1 is 0.950 bits per heavy atom. The summed E-state index contributed by atoms with van der Waals surface area (Å²) in [4.78, 5) is 19.5. The number of nitrogens with zero attached hydrogens (tertiary/aromatic N) is 2. The van der Waals surface area contributed by atoms with E-state index in [4.69, 9.17) is 28.2 Å². The van der Waals surface area contributed by atoms with Gasteiger partial charge in [-0.1, -0.05) is 77.0 Å². The van der Waals surface area contributed by atoms with Gasteiger partial charge in [0.25, 0.3) is 5.56 Å². The Labute approximate surface area is 242 Å². The third kappa shape index (κ3) is 5.29. The van der Waals surface area contributed by atoms with Crippen molar-refractivity contribution in [2.45, 2.75) is 31.9 Å². The maximum Gasteiger partial charge on any atom is 0.387 e. The highest BCUT2D eigenvalue weighted by Gasteiger charge is 2.32. The average molecular weight is 595 g/mol. The number of halogens is 4. The molecule has 0 N–H and O–H groups in total. The Morgan fingerprint density at radius 3 is 2.38 bits per heavy atom. The molecule has 0 spiro atoms. The van der Waals surface area contributed by atoms with Crippen molar-refractivity contribution in [2.75, 3.05) is 0 Å². The zero-order valence-electron chi connectivity index (χ0n) is 21.0. The Kier molecular flexibility index (Phi) is 7.45. The Morgan fingerprint density at radius 2 is 1.65 bits per heavy atom. The lowest BCUT2D eigenvalue weighted by molar-refractivity contribution is -0.0499. The molecular formula is C31H22Cl2F2N2O2S. The lowest BCUT2D eigenvalue weighted by Crippen LogP contribution is -2.39. The number of fused-ring (bicyclic) bond motifs is 1. The molecule has 0 amide bonds. The van der Waals surface area contributed by atoms with E-state index in [2.05, 4.69) is 10.8 Å². The van der Waals surface area contributed by atoms with Crippen LogP contribution in [0.3, 0.4) is 0 Å². The molecule has 0 saturated carbocycles. The van der Waals surface area contributed by atoms with Crippen LogP contribution in [-0.2, 0) is 0 Å². The van der Waals surface area contributed by atoms with E-state index in [9.17, 15) is 13.6 Å². The van der Waals surface area contributed by atoms with E-state index in [1.54, 1.807) is 28.8 Å². The molecule has 2 aliphatic rings. The highest BCUT2D eigenvalue weighted by Crippen LogP contribution is 2.41. The molecule has 0 saturated heterocycles. The summed E-state index contributed by atoms with van der Waals surface area (Å²) >= 11 is 13.5. The lowest BCUT2D eigenvalue weighted by atomic mass is 9.84. The third-order valence-electron chi connectivity index (χ3n) is 6.95. The van der Waals surface area contributed by atoms with Crippen LogP contribution < -0.4 is 19.6 Å². The first-order chi connectivity index (χ1) is 19.4. The quantitative estimate of drug-likeness (QED) is 0.242. The number of hydrogen-bond acceptors (Lipinski definition) is 4. The van der Waals surface area contributed by atoms with Crippen molar-refractivity contribution in [1.82, 2.24) is 4.57 Å². The number of allylic oxidation sites excluding steroid dienone is 2. The van der Waals surface area contributed by atoms with Crippen molar-refractivity contribution in [3.63, 3.8) is 0 Å². The number of benzene rings is 3. The molecule has 202 valence electrons. The monoisotopic (exact) mass is 594 g/mol. The standard InChI is InChI=1S/C31H22Cl2F2N2O2S/c32-22-12-8-18(9-13-22)16-21-5-3-6-24-27(21)36-31-37(28(24)19-10-14-23(33)15-11-19)29(38)26(40-31)17-20-4-1-2-7-25(20)39-30(34)35/h1-2,4,7-17,28,30H,3,5-6H2/b21-16-,26-17+/t28-/m1/s1. The van der Waals surface area contributed by atoms with Gasteiger partial charge >= 0.3 is 6.61 Å². The van der Waals surface area contributed by atoms with Crippen LogP contribution in [0.1, 0.15) is 42.0 Å². The Hall–Kier alpha value is -3.52. The molecule has 1 aliphatic carbocycles. The Bertz CT molecular complexity index is 1820. The number of rotatable bonds is 5. The van der Waals surface area contributed by atoms with Crippen LogP contribution >= 0.6 is 34.5 Å². The van der Waals surface area contributed by atoms with Crippen LogP contribution in [0, 0.1) is 0 Å². The number of alkyl halides is 2. The summed E-state index contributed by atoms with van der Waals surface area (Å²) in [5, 5.41) is 1.27. The van der Waals surface area contributed by atoms with Gasteiger partial charge in [0, 0.05) is 15.6 Å². The van der Waals surface area contributed by atoms with Gasteiger partial charge in [-0.3, -0.25) is 9.36 Å². The van der Waals surface area contributed by atoms with Gasteiger partial charge < -0.3 is 4.74 Å². The van der Waals surface area contributed by atoms with E-state index < -0.39 is 6.61 Å². The zero-order valence-corrected chi connectivity index (χ0v) is 23.3. The fraction of sp³-hybridized carbons (Fsp3) is 0.161. The minimum Gasteiger partial charge on any atom is -0.434 e. The zero-order chi connectivity index (χ0) is 27.8. The average Bonchev–Trinajstić information content (AvgIpc) is 3.25. The summed E-state index contributed by atoms with van der Waals surface area (Å²) < 4.78 is 32.8. The maximum atomic E-state index is 13.9. The van der Waals surface area contributed by atoms with Crippen LogP contribution in [0.4, 0.5) is 8.78 Å². The lowest BCUT2D eigenvalue weighted by Gasteiger charge is -2.31. The van der Waals surface area contributed by atoms with E-state index >= 15 is 0 Å². The third-order valence-corrected chi connectivity index (χ3v) is 8.44. The van der Waals surface area contributed by atoms with Crippen molar-refractivity contribution in [3.8, 4) is 5.75 Å². The molecule has 3 aromatic carbocycles. The number of para-hydroxylation sites is 1. The summed E-state index contributed by atoms with van der Waals surface area (Å²) in [6.45, 7) is -2.97. The molecule has 1 aromatic heterocycles. The molecule has 1 atom stereocenters. The number of thiazole rings is 1. The Balaban J connectivity index is 1.56. The predicted molar refractivity (Wildman–Crippen MR) is 156 cm³/mol. The topological polar surface area (TPSA) is 43.6 Å². The van der Waals surface area contributed by atoms with Gasteiger partial charge in [-0.2, -0.15) is 8.78 Å². The second-order valence-corrected chi connectivity index (χ2v) is 11.4. The fourth-order valence-electron chi connectivity index (χ4n) is 5.21. The van der Waals surface area contributed by atoms with Gasteiger partial charge in [0.2, 0.25) is 0 Å². The van der Waals surface area contributed by atoms with Crippen LogP contribution in [0.15, 0.2) is 99.4 Å². The molecule has 2 heterocycles. The minimum atomic E-state index is -2.97. The molecule has 0 fully saturated rings. The van der Waals surface area contributed by atoms with E-state index in [1.807, 2.05) is 48.5 Å². The molecule has 4 aromatic rings. The molecular weight excluding hydrogens is 573 g/mol. The molecule has 4 nitrogen and oxygen atoms in total. The maximum absolute atomic E-state index is 13.9. The van der Waals surface area contributed by atoms with Crippen LogP contribution in [0.2, 0.25) is 10.0 Å². The first kappa shape index (κ1) is 26.7. The van der Waals surface area contributed by atoms with E-state index in [0.717, 1.165) is 47.2 Å². The molecule has 0 radical (unpaired) electrons. The normalized spacial score (nSPS) is 18.1. The minimum absolute atomic E-state index is 0.00469. The van der Waals surface area contributed by atoms with Crippen LogP contribution in [0.5, 0.6) is 5.75 Å². The summed E-state index contributed by atoms with van der Waals surface area (Å²) in [7, 11) is 0. The summed E-state index contributed by atoms with van der Waals surface area (Å²) in [6.07, 6.45) is 6.28. The second kappa shape index (κ2) is 11.2. The van der Waals surface area contributed by atoms with Gasteiger partial charge in [-0.05, 0) is 84.0 Å². The highest BCUT2D eigenvalue weighted by atomic mass is 35.5. The van der Waals surface area contributed by atoms with Crippen molar-refractivity contribution in [2.24, 2.45) is 4.99 Å². The van der Waals surface area contributed by atoms with Crippen molar-refractivity contribution >= 4 is 46.7 Å². The first-order valence-corrected chi connectivity index (χ1v) is 14.3. The van der Waals surface area contributed by atoms with Crippen LogP contribution in [-0.4, -0.2) is 11.2 Å².